The maximum Gasteiger partial charge on any atom is 0.160 e. The van der Waals surface area contributed by atoms with Gasteiger partial charge in [-0.25, -0.2) is 15.0 Å². The Balaban J connectivity index is 0.882. The molecule has 0 saturated carbocycles. The molecule has 0 amide bonds. The molecule has 312 valence electrons. The summed E-state index contributed by atoms with van der Waals surface area (Å²) in [5.41, 5.74) is 17.0. The number of allylic oxidation sites excluding steroid dienone is 1. The van der Waals surface area contributed by atoms with Crippen LogP contribution >= 0.6 is 0 Å². The van der Waals surface area contributed by atoms with Gasteiger partial charge in [-0.1, -0.05) is 188 Å². The molecule has 0 spiro atoms. The van der Waals surface area contributed by atoms with Crippen molar-refractivity contribution in [2.24, 2.45) is 4.99 Å². The van der Waals surface area contributed by atoms with E-state index in [1.165, 1.54) is 0 Å². The van der Waals surface area contributed by atoms with Gasteiger partial charge < -0.3 is 5.32 Å². The average Bonchev–Trinajstić information content (AvgIpc) is 3.42. The molecule has 10 aromatic rings. The number of pyridine rings is 3. The van der Waals surface area contributed by atoms with Gasteiger partial charge in [0.1, 0.15) is 6.17 Å². The molecule has 1 aliphatic heterocycles. The van der Waals surface area contributed by atoms with Gasteiger partial charge in [0.25, 0.3) is 0 Å². The summed E-state index contributed by atoms with van der Waals surface area (Å²) >= 11 is 0. The highest BCUT2D eigenvalue weighted by molar-refractivity contribution is 6.13. The Hall–Kier alpha value is -8.94. The van der Waals surface area contributed by atoms with Crippen LogP contribution in [0, 0.1) is 0 Å². The molecule has 1 aliphatic rings. The lowest BCUT2D eigenvalue weighted by molar-refractivity contribution is 0.661. The summed E-state index contributed by atoms with van der Waals surface area (Å²) in [7, 11) is 0. The summed E-state index contributed by atoms with van der Waals surface area (Å²) in [5, 5.41) is 3.65. The van der Waals surface area contributed by atoms with Crippen molar-refractivity contribution in [1.82, 2.24) is 30.2 Å². The van der Waals surface area contributed by atoms with Gasteiger partial charge in [0.2, 0.25) is 0 Å². The van der Waals surface area contributed by atoms with Crippen molar-refractivity contribution < 1.29 is 0 Å². The van der Waals surface area contributed by atoms with Crippen LogP contribution in [0.3, 0.4) is 0 Å². The van der Waals surface area contributed by atoms with Crippen LogP contribution < -0.4 is 5.32 Å². The van der Waals surface area contributed by atoms with E-state index in [4.69, 9.17) is 29.9 Å². The standard InChI is InChI=1S/C59H41N7/c1-6-16-40(17-7-1)49-34-56(62-57(35-49)51-33-31-48(39-61-51)59-65-54(44-22-12-4-13-23-44)37-55(66-59)45-24-14-5-15-25-45)50-32-30-47(38-60-50)41-26-28-46(29-27-41)58-63-52(42-18-8-2-9-19-42)36-53(64-58)43-20-10-3-11-21-43/h1-39,59,65H. The second-order valence-corrected chi connectivity index (χ2v) is 16.0. The fraction of sp³-hybridized carbons (Fsp3) is 0.0169. The fourth-order valence-corrected chi connectivity index (χ4v) is 8.17. The Morgan fingerprint density at radius 2 is 0.788 bits per heavy atom. The van der Waals surface area contributed by atoms with Crippen LogP contribution in [0.1, 0.15) is 22.9 Å². The van der Waals surface area contributed by atoms with Gasteiger partial charge in [0.15, 0.2) is 5.82 Å². The molecule has 5 heterocycles. The molecular weight excluding hydrogens is 807 g/mol. The summed E-state index contributed by atoms with van der Waals surface area (Å²) in [6.45, 7) is 0. The summed E-state index contributed by atoms with van der Waals surface area (Å²) < 4.78 is 0. The highest BCUT2D eigenvalue weighted by Gasteiger charge is 2.21. The van der Waals surface area contributed by atoms with Gasteiger partial charge in [-0.2, -0.15) is 0 Å². The van der Waals surface area contributed by atoms with E-state index in [0.717, 1.165) is 101 Å². The molecule has 66 heavy (non-hydrogen) atoms. The Labute approximate surface area is 383 Å². The first kappa shape index (κ1) is 39.9. The summed E-state index contributed by atoms with van der Waals surface area (Å²) in [6, 6.07) is 74.3. The molecule has 0 aliphatic carbocycles. The molecule has 1 atom stereocenters. The quantitative estimate of drug-likeness (QED) is 0.147. The van der Waals surface area contributed by atoms with Crippen LogP contribution in [0.15, 0.2) is 242 Å². The monoisotopic (exact) mass is 847 g/mol. The largest absolute Gasteiger partial charge is 0.359 e. The third-order valence-electron chi connectivity index (χ3n) is 11.7. The molecule has 4 aromatic heterocycles. The average molecular weight is 848 g/mol. The SMILES string of the molecule is C1=C(c2ccccc2)NC(c2ccc(-c3cc(-c4ccccc4)cc(-c4ccc(-c5ccc(-c6nc(-c7ccccc7)cc(-c7ccccc7)n6)cc5)cn4)n3)nc2)N=C1c1ccccc1. The number of aliphatic imine (C=N–C) groups is 1. The van der Waals surface area contributed by atoms with E-state index < -0.39 is 0 Å². The first-order valence-electron chi connectivity index (χ1n) is 21.9. The van der Waals surface area contributed by atoms with Gasteiger partial charge >= 0.3 is 0 Å². The van der Waals surface area contributed by atoms with E-state index in [2.05, 4.69) is 139 Å². The lowest BCUT2D eigenvalue weighted by atomic mass is 10.0. The minimum Gasteiger partial charge on any atom is -0.359 e. The van der Waals surface area contributed by atoms with Gasteiger partial charge in [-0.15, -0.1) is 0 Å². The number of nitrogens with one attached hydrogen (secondary N) is 1. The van der Waals surface area contributed by atoms with E-state index in [9.17, 15) is 0 Å². The predicted octanol–water partition coefficient (Wildman–Crippen LogP) is 13.5. The molecule has 0 radical (unpaired) electrons. The number of benzene rings is 6. The zero-order valence-corrected chi connectivity index (χ0v) is 35.8. The van der Waals surface area contributed by atoms with Crippen molar-refractivity contribution in [1.29, 1.82) is 0 Å². The minimum atomic E-state index is -0.327. The first-order chi connectivity index (χ1) is 32.7. The van der Waals surface area contributed by atoms with Gasteiger partial charge in [0, 0.05) is 45.9 Å². The maximum atomic E-state index is 5.16. The van der Waals surface area contributed by atoms with E-state index in [1.54, 1.807) is 0 Å². The highest BCUT2D eigenvalue weighted by atomic mass is 15.1. The molecule has 6 aromatic carbocycles. The molecular formula is C59H41N7. The molecule has 0 bridgehead atoms. The van der Waals surface area contributed by atoms with Crippen molar-refractivity contribution in [2.45, 2.75) is 6.17 Å². The fourth-order valence-electron chi connectivity index (χ4n) is 8.17. The third kappa shape index (κ3) is 8.57. The Kier molecular flexibility index (Phi) is 10.9. The van der Waals surface area contributed by atoms with E-state index >= 15 is 0 Å². The molecule has 0 saturated heterocycles. The first-order valence-corrected chi connectivity index (χ1v) is 21.9. The lowest BCUT2D eigenvalue weighted by Crippen LogP contribution is -2.25. The van der Waals surface area contributed by atoms with Crippen molar-refractivity contribution in [3.63, 3.8) is 0 Å². The van der Waals surface area contributed by atoms with Crippen LogP contribution in [0.4, 0.5) is 0 Å². The van der Waals surface area contributed by atoms with Crippen LogP contribution in [-0.2, 0) is 0 Å². The normalized spacial score (nSPS) is 13.3. The predicted molar refractivity (Wildman–Crippen MR) is 267 cm³/mol. The van der Waals surface area contributed by atoms with Gasteiger partial charge in [-0.3, -0.25) is 15.0 Å². The number of aromatic nitrogens is 5. The summed E-state index contributed by atoms with van der Waals surface area (Å²) in [5.74, 6) is 0.672. The van der Waals surface area contributed by atoms with Crippen LogP contribution in [0.5, 0.6) is 0 Å². The second-order valence-electron chi connectivity index (χ2n) is 16.0. The zero-order chi connectivity index (χ0) is 44.1. The van der Waals surface area contributed by atoms with E-state index in [0.29, 0.717) is 5.82 Å². The maximum absolute atomic E-state index is 5.16. The Morgan fingerprint density at radius 3 is 1.32 bits per heavy atom. The van der Waals surface area contributed by atoms with E-state index in [1.807, 2.05) is 103 Å². The molecule has 7 heteroatoms. The Bertz CT molecular complexity index is 3260. The smallest absolute Gasteiger partial charge is 0.160 e. The summed E-state index contributed by atoms with van der Waals surface area (Å²) in [4.78, 5) is 30.3. The molecule has 1 N–H and O–H groups in total. The number of rotatable bonds is 10. The van der Waals surface area contributed by atoms with Crippen molar-refractivity contribution in [3.8, 4) is 78.9 Å². The zero-order valence-electron chi connectivity index (χ0n) is 35.8. The number of hydrogen-bond acceptors (Lipinski definition) is 7. The van der Waals surface area contributed by atoms with Crippen molar-refractivity contribution >= 4 is 11.4 Å². The Morgan fingerprint density at radius 1 is 0.318 bits per heavy atom. The van der Waals surface area contributed by atoms with E-state index in [-0.39, 0.29) is 6.17 Å². The summed E-state index contributed by atoms with van der Waals surface area (Å²) in [6.07, 6.45) is 5.60. The van der Waals surface area contributed by atoms with Gasteiger partial charge in [-0.05, 0) is 64.2 Å². The highest BCUT2D eigenvalue weighted by Crippen LogP contribution is 2.33. The van der Waals surface area contributed by atoms with Crippen molar-refractivity contribution in [3.05, 3.63) is 254 Å². The lowest BCUT2D eigenvalue weighted by Gasteiger charge is -2.24. The molecule has 7 nitrogen and oxygen atoms in total. The van der Waals surface area contributed by atoms with Crippen molar-refractivity contribution in [2.75, 3.05) is 0 Å². The molecule has 11 rings (SSSR count). The number of nitrogens with zero attached hydrogens (tertiary/aromatic N) is 6. The van der Waals surface area contributed by atoms with Crippen LogP contribution in [0.2, 0.25) is 0 Å². The third-order valence-corrected chi connectivity index (χ3v) is 11.7. The molecule has 1 unspecified atom stereocenters. The van der Waals surface area contributed by atoms with Crippen LogP contribution in [0.25, 0.3) is 84.6 Å². The van der Waals surface area contributed by atoms with Gasteiger partial charge in [0.05, 0.1) is 39.9 Å². The molecule has 0 fully saturated rings. The topological polar surface area (TPSA) is 88.8 Å². The second kappa shape index (κ2) is 18.0. The number of hydrogen-bond donors (Lipinski definition) is 1. The minimum absolute atomic E-state index is 0.327. The van der Waals surface area contributed by atoms with Crippen LogP contribution in [-0.4, -0.2) is 30.6 Å².